The lowest BCUT2D eigenvalue weighted by Crippen LogP contribution is -2.41. The van der Waals surface area contributed by atoms with E-state index in [1.54, 1.807) is 12.1 Å². The van der Waals surface area contributed by atoms with E-state index in [4.69, 9.17) is 0 Å². The van der Waals surface area contributed by atoms with Crippen LogP contribution in [0, 0.1) is 5.82 Å². The molecule has 0 saturated carbocycles. The molecule has 2 unspecified atom stereocenters. The Bertz CT molecular complexity index is 453. The van der Waals surface area contributed by atoms with Gasteiger partial charge in [0.2, 0.25) is 0 Å². The molecule has 1 aromatic rings. The third-order valence-electron chi connectivity index (χ3n) is 3.10. The van der Waals surface area contributed by atoms with Crippen molar-refractivity contribution in [3.05, 3.63) is 29.6 Å². The van der Waals surface area contributed by atoms with Gasteiger partial charge in [-0.15, -0.1) is 0 Å². The number of rotatable bonds is 2. The summed E-state index contributed by atoms with van der Waals surface area (Å²) < 4.78 is 14.0. The highest BCUT2D eigenvalue weighted by molar-refractivity contribution is 8.00. The molecule has 1 saturated heterocycles. The minimum Gasteiger partial charge on any atom is -0.366 e. The summed E-state index contributed by atoms with van der Waals surface area (Å²) in [5, 5.41) is 0.904. The highest BCUT2D eigenvalue weighted by Crippen LogP contribution is 2.32. The maximum atomic E-state index is 14.0. The van der Waals surface area contributed by atoms with Crippen molar-refractivity contribution in [3.63, 3.8) is 0 Å². The van der Waals surface area contributed by atoms with Crippen LogP contribution < -0.4 is 4.90 Å². The van der Waals surface area contributed by atoms with E-state index < -0.39 is 0 Å². The standard InChI is InChI=1S/C14H18FNOS/c1-9-7-16(8-10(2)18-9)14-12(11(3)17)5-4-6-13(14)15/h4-6,9-10H,7-8H2,1-3H3. The summed E-state index contributed by atoms with van der Waals surface area (Å²) >= 11 is 1.91. The molecule has 2 nitrogen and oxygen atoms in total. The highest BCUT2D eigenvalue weighted by Gasteiger charge is 2.26. The molecule has 0 amide bonds. The van der Waals surface area contributed by atoms with E-state index in [9.17, 15) is 9.18 Å². The molecule has 0 spiro atoms. The molecule has 1 aliphatic rings. The summed E-state index contributed by atoms with van der Waals surface area (Å²) in [7, 11) is 0. The number of Topliss-reactive ketones (excluding diaryl/α,β-unsaturated/α-hetero) is 1. The van der Waals surface area contributed by atoms with Crippen molar-refractivity contribution in [2.24, 2.45) is 0 Å². The van der Waals surface area contributed by atoms with Gasteiger partial charge in [-0.1, -0.05) is 19.9 Å². The summed E-state index contributed by atoms with van der Waals surface area (Å²) in [6.07, 6.45) is 0. The van der Waals surface area contributed by atoms with E-state index in [-0.39, 0.29) is 11.6 Å². The van der Waals surface area contributed by atoms with Crippen molar-refractivity contribution in [2.45, 2.75) is 31.3 Å². The van der Waals surface area contributed by atoms with Gasteiger partial charge in [0.1, 0.15) is 5.82 Å². The van der Waals surface area contributed by atoms with Crippen molar-refractivity contribution < 1.29 is 9.18 Å². The van der Waals surface area contributed by atoms with Gasteiger partial charge in [0.05, 0.1) is 5.69 Å². The maximum Gasteiger partial charge on any atom is 0.161 e. The van der Waals surface area contributed by atoms with Gasteiger partial charge in [-0.2, -0.15) is 11.8 Å². The largest absolute Gasteiger partial charge is 0.366 e. The monoisotopic (exact) mass is 267 g/mol. The van der Waals surface area contributed by atoms with Crippen molar-refractivity contribution in [1.29, 1.82) is 0 Å². The van der Waals surface area contributed by atoms with E-state index in [1.807, 2.05) is 16.7 Å². The summed E-state index contributed by atoms with van der Waals surface area (Å²) in [6, 6.07) is 4.73. The Morgan fingerprint density at radius 2 is 1.94 bits per heavy atom. The first-order valence-electron chi connectivity index (χ1n) is 6.19. The number of benzene rings is 1. The minimum atomic E-state index is -0.297. The van der Waals surface area contributed by atoms with Crippen LogP contribution in [-0.2, 0) is 0 Å². The van der Waals surface area contributed by atoms with Gasteiger partial charge in [-0.05, 0) is 19.1 Å². The van der Waals surface area contributed by atoms with Crippen LogP contribution in [0.4, 0.5) is 10.1 Å². The molecule has 0 aromatic heterocycles. The third kappa shape index (κ3) is 2.69. The molecule has 2 atom stereocenters. The van der Waals surface area contributed by atoms with Gasteiger partial charge in [-0.3, -0.25) is 4.79 Å². The van der Waals surface area contributed by atoms with Crippen molar-refractivity contribution in [2.75, 3.05) is 18.0 Å². The topological polar surface area (TPSA) is 20.3 Å². The second-order valence-corrected chi connectivity index (χ2v) is 6.74. The smallest absolute Gasteiger partial charge is 0.161 e. The van der Waals surface area contributed by atoms with E-state index in [2.05, 4.69) is 13.8 Å². The van der Waals surface area contributed by atoms with E-state index in [0.29, 0.717) is 21.8 Å². The first-order valence-corrected chi connectivity index (χ1v) is 7.13. The normalized spacial score (nSPS) is 24.1. The molecule has 1 aromatic carbocycles. The van der Waals surface area contributed by atoms with Crippen LogP contribution in [0.1, 0.15) is 31.1 Å². The molecule has 2 rings (SSSR count). The fourth-order valence-electron chi connectivity index (χ4n) is 2.48. The Morgan fingerprint density at radius 1 is 1.33 bits per heavy atom. The molecular weight excluding hydrogens is 249 g/mol. The molecular formula is C14H18FNOS. The second-order valence-electron chi connectivity index (χ2n) is 4.85. The number of hydrogen-bond donors (Lipinski definition) is 0. The Morgan fingerprint density at radius 3 is 2.50 bits per heavy atom. The number of halogens is 1. The predicted octanol–water partition coefficient (Wildman–Crippen LogP) is 3.36. The summed E-state index contributed by atoms with van der Waals surface area (Å²) in [5.41, 5.74) is 0.963. The predicted molar refractivity (Wildman–Crippen MR) is 75.1 cm³/mol. The quantitative estimate of drug-likeness (QED) is 0.766. The summed E-state index contributed by atoms with van der Waals surface area (Å²) in [6.45, 7) is 7.35. The molecule has 0 N–H and O–H groups in total. The lowest BCUT2D eigenvalue weighted by Gasteiger charge is -2.37. The molecule has 0 aliphatic carbocycles. The van der Waals surface area contributed by atoms with Crippen molar-refractivity contribution in [1.82, 2.24) is 0 Å². The Balaban J connectivity index is 2.40. The molecule has 1 heterocycles. The van der Waals surface area contributed by atoms with E-state index >= 15 is 0 Å². The van der Waals surface area contributed by atoms with Crippen LogP contribution in [-0.4, -0.2) is 29.4 Å². The molecule has 0 bridgehead atoms. The van der Waals surface area contributed by atoms with Crippen LogP contribution in [0.5, 0.6) is 0 Å². The van der Waals surface area contributed by atoms with Gasteiger partial charge >= 0.3 is 0 Å². The van der Waals surface area contributed by atoms with E-state index in [1.165, 1.54) is 13.0 Å². The number of para-hydroxylation sites is 1. The average molecular weight is 267 g/mol. The lowest BCUT2D eigenvalue weighted by molar-refractivity contribution is 0.101. The molecule has 4 heteroatoms. The fourth-order valence-corrected chi connectivity index (χ4v) is 3.81. The second kappa shape index (κ2) is 5.31. The van der Waals surface area contributed by atoms with Gasteiger partial charge in [-0.25, -0.2) is 4.39 Å². The highest BCUT2D eigenvalue weighted by atomic mass is 32.2. The first kappa shape index (κ1) is 13.4. The summed E-state index contributed by atoms with van der Waals surface area (Å²) in [5.74, 6) is -0.378. The number of carbonyl (C=O) groups excluding carboxylic acids is 1. The Kier molecular flexibility index (Phi) is 3.95. The molecule has 0 radical (unpaired) electrons. The van der Waals surface area contributed by atoms with Gasteiger partial charge < -0.3 is 4.90 Å². The minimum absolute atomic E-state index is 0.0805. The van der Waals surface area contributed by atoms with Gasteiger partial charge in [0.25, 0.3) is 0 Å². The fraction of sp³-hybridized carbons (Fsp3) is 0.500. The maximum absolute atomic E-state index is 14.0. The number of anilines is 1. The zero-order valence-electron chi connectivity index (χ0n) is 10.9. The van der Waals surface area contributed by atoms with Crippen LogP contribution in [0.3, 0.4) is 0 Å². The number of nitrogens with zero attached hydrogens (tertiary/aromatic N) is 1. The summed E-state index contributed by atoms with van der Waals surface area (Å²) in [4.78, 5) is 13.6. The zero-order valence-corrected chi connectivity index (χ0v) is 11.8. The molecule has 18 heavy (non-hydrogen) atoms. The Hall–Kier alpha value is -1.03. The Labute approximate surface area is 112 Å². The average Bonchev–Trinajstić information content (AvgIpc) is 2.26. The lowest BCUT2D eigenvalue weighted by atomic mass is 10.1. The van der Waals surface area contributed by atoms with Crippen LogP contribution in [0.2, 0.25) is 0 Å². The van der Waals surface area contributed by atoms with Crippen LogP contribution in [0.25, 0.3) is 0 Å². The molecule has 1 fully saturated rings. The third-order valence-corrected chi connectivity index (χ3v) is 4.33. The number of hydrogen-bond acceptors (Lipinski definition) is 3. The number of thioether (sulfide) groups is 1. The molecule has 98 valence electrons. The van der Waals surface area contributed by atoms with Crippen molar-refractivity contribution in [3.8, 4) is 0 Å². The van der Waals surface area contributed by atoms with Gasteiger partial charge in [0, 0.05) is 29.2 Å². The van der Waals surface area contributed by atoms with Crippen molar-refractivity contribution >= 4 is 23.2 Å². The number of carbonyl (C=O) groups is 1. The van der Waals surface area contributed by atoms with Crippen LogP contribution >= 0.6 is 11.8 Å². The van der Waals surface area contributed by atoms with Crippen LogP contribution in [0.15, 0.2) is 18.2 Å². The number of ketones is 1. The SMILES string of the molecule is CC(=O)c1cccc(F)c1N1CC(C)SC(C)C1. The molecule has 1 aliphatic heterocycles. The van der Waals surface area contributed by atoms with Gasteiger partial charge in [0.15, 0.2) is 5.78 Å². The first-order chi connectivity index (χ1) is 8.49. The zero-order chi connectivity index (χ0) is 13.3. The van der Waals surface area contributed by atoms with E-state index in [0.717, 1.165) is 13.1 Å².